The molecule has 1 N–H and O–H groups in total. The van der Waals surface area contributed by atoms with Gasteiger partial charge in [0, 0.05) is 32.7 Å². The lowest BCUT2D eigenvalue weighted by Gasteiger charge is -2.45. The van der Waals surface area contributed by atoms with E-state index in [4.69, 9.17) is 0 Å². The number of hydrogen-bond acceptors (Lipinski definition) is 4. The van der Waals surface area contributed by atoms with Gasteiger partial charge in [0.25, 0.3) is 0 Å². The number of nitrogens with zero attached hydrogens (tertiary/aromatic N) is 3. The zero-order valence-electron chi connectivity index (χ0n) is 12.7. The molecule has 0 aromatic carbocycles. The second-order valence-electron chi connectivity index (χ2n) is 7.09. The van der Waals surface area contributed by atoms with E-state index in [1.165, 1.54) is 0 Å². The molecule has 5 nitrogen and oxygen atoms in total. The molecule has 0 unspecified atom stereocenters. The minimum atomic E-state index is -0.752. The van der Waals surface area contributed by atoms with Crippen LogP contribution in [0.4, 0.5) is 0 Å². The fourth-order valence-electron chi connectivity index (χ4n) is 3.40. The lowest BCUT2D eigenvalue weighted by atomic mass is 9.62. The molecule has 5 heteroatoms. The van der Waals surface area contributed by atoms with Crippen molar-refractivity contribution < 1.29 is 9.90 Å². The highest BCUT2D eigenvalue weighted by molar-refractivity contribution is 5.86. The summed E-state index contributed by atoms with van der Waals surface area (Å²) in [5.74, 6) is 0.496. The van der Waals surface area contributed by atoms with Crippen LogP contribution in [0, 0.1) is 22.7 Å². The van der Waals surface area contributed by atoms with Crippen molar-refractivity contribution in [3.63, 3.8) is 0 Å². The average molecular weight is 279 g/mol. The molecule has 1 saturated heterocycles. The van der Waals surface area contributed by atoms with Gasteiger partial charge in [-0.15, -0.1) is 0 Å². The Balaban J connectivity index is 1.88. The Hall–Kier alpha value is -1.12. The van der Waals surface area contributed by atoms with Crippen molar-refractivity contribution in [1.82, 2.24) is 9.80 Å². The molecule has 2 fully saturated rings. The molecular formula is C15H25N3O2. The lowest BCUT2D eigenvalue weighted by molar-refractivity contribution is -0.147. The first kappa shape index (κ1) is 15.3. The molecule has 2 aliphatic rings. The maximum Gasteiger partial charge on any atom is 0.243 e. The Kier molecular flexibility index (Phi) is 4.08. The summed E-state index contributed by atoms with van der Waals surface area (Å²) >= 11 is 0. The van der Waals surface area contributed by atoms with Gasteiger partial charge in [0.05, 0.1) is 11.7 Å². The molecule has 1 heterocycles. The van der Waals surface area contributed by atoms with Gasteiger partial charge < -0.3 is 10.0 Å². The number of hydrogen-bond donors (Lipinski definition) is 1. The van der Waals surface area contributed by atoms with Gasteiger partial charge >= 0.3 is 0 Å². The summed E-state index contributed by atoms with van der Waals surface area (Å²) in [6.07, 6.45) is 1.40. The lowest BCUT2D eigenvalue weighted by Crippen LogP contribution is -2.57. The van der Waals surface area contributed by atoms with Crippen molar-refractivity contribution in [3.05, 3.63) is 0 Å². The molecule has 1 aliphatic heterocycles. The summed E-state index contributed by atoms with van der Waals surface area (Å²) in [5, 5.41) is 19.1. The van der Waals surface area contributed by atoms with E-state index in [0.29, 0.717) is 38.4 Å². The molecule has 0 bridgehead atoms. The van der Waals surface area contributed by atoms with Gasteiger partial charge in [-0.25, -0.2) is 0 Å². The first-order valence-electron chi connectivity index (χ1n) is 7.41. The number of aliphatic hydroxyl groups is 1. The third kappa shape index (κ3) is 3.13. The Labute approximate surface area is 121 Å². The first-order chi connectivity index (χ1) is 9.26. The molecule has 0 aromatic heterocycles. The minimum absolute atomic E-state index is 0.0148. The minimum Gasteiger partial charge on any atom is -0.389 e. The summed E-state index contributed by atoms with van der Waals surface area (Å²) in [6, 6.07) is 2.25. The third-order valence-electron chi connectivity index (χ3n) is 4.29. The van der Waals surface area contributed by atoms with E-state index in [2.05, 4.69) is 17.9 Å². The van der Waals surface area contributed by atoms with Crippen LogP contribution in [0.3, 0.4) is 0 Å². The highest BCUT2D eigenvalue weighted by Gasteiger charge is 2.50. The maximum absolute atomic E-state index is 12.5. The smallest absolute Gasteiger partial charge is 0.243 e. The van der Waals surface area contributed by atoms with Gasteiger partial charge in [-0.2, -0.15) is 5.26 Å². The monoisotopic (exact) mass is 279 g/mol. The number of carbonyl (C=O) groups excluding carboxylic acids is 1. The quantitative estimate of drug-likeness (QED) is 0.831. The number of amides is 1. The van der Waals surface area contributed by atoms with Crippen LogP contribution in [0.1, 0.15) is 33.6 Å². The van der Waals surface area contributed by atoms with Crippen LogP contribution >= 0.6 is 0 Å². The largest absolute Gasteiger partial charge is 0.389 e. The number of nitriles is 1. The van der Waals surface area contributed by atoms with E-state index in [1.807, 2.05) is 4.90 Å². The molecular weight excluding hydrogens is 254 g/mol. The predicted octanol–water partition coefficient (Wildman–Crippen LogP) is 0.841. The van der Waals surface area contributed by atoms with Crippen LogP contribution in [0.2, 0.25) is 0 Å². The molecule has 2 rings (SSSR count). The van der Waals surface area contributed by atoms with Crippen molar-refractivity contribution in [2.45, 2.75) is 39.2 Å². The molecule has 0 atom stereocenters. The topological polar surface area (TPSA) is 67.6 Å². The molecule has 112 valence electrons. The van der Waals surface area contributed by atoms with Crippen molar-refractivity contribution in [2.75, 3.05) is 32.7 Å². The van der Waals surface area contributed by atoms with E-state index in [1.54, 1.807) is 13.8 Å². The highest BCUT2D eigenvalue weighted by Crippen LogP contribution is 2.46. The SMILES string of the molecule is CC1CC(C#N)(C(=O)N2CCN(CC(C)(C)O)CC2)C1. The molecule has 0 spiro atoms. The molecule has 1 aliphatic carbocycles. The third-order valence-corrected chi connectivity index (χ3v) is 4.29. The zero-order chi connectivity index (χ0) is 15.0. The zero-order valence-corrected chi connectivity index (χ0v) is 12.7. The molecule has 20 heavy (non-hydrogen) atoms. The molecule has 1 saturated carbocycles. The average Bonchev–Trinajstić information content (AvgIpc) is 2.33. The number of β-amino-alcohol motifs (C(OH)–C–C–N with tert-alkyl or cyclic N) is 1. The Morgan fingerprint density at radius 1 is 1.35 bits per heavy atom. The van der Waals surface area contributed by atoms with Crippen molar-refractivity contribution in [2.24, 2.45) is 11.3 Å². The summed E-state index contributed by atoms with van der Waals surface area (Å²) < 4.78 is 0. The van der Waals surface area contributed by atoms with Crippen LogP contribution in [0.25, 0.3) is 0 Å². The maximum atomic E-state index is 12.5. The summed E-state index contributed by atoms with van der Waals surface area (Å²) in [5.41, 5.74) is -1.46. The molecule has 1 amide bonds. The molecule has 0 radical (unpaired) electrons. The van der Waals surface area contributed by atoms with Crippen LogP contribution < -0.4 is 0 Å². The molecule has 0 aromatic rings. The first-order valence-corrected chi connectivity index (χ1v) is 7.41. The van der Waals surface area contributed by atoms with Crippen molar-refractivity contribution >= 4 is 5.91 Å². The van der Waals surface area contributed by atoms with Crippen molar-refractivity contribution in [3.8, 4) is 6.07 Å². The fraction of sp³-hybridized carbons (Fsp3) is 0.867. The van der Waals surface area contributed by atoms with Gasteiger partial charge in [0.2, 0.25) is 5.91 Å². The Morgan fingerprint density at radius 2 is 1.90 bits per heavy atom. The van der Waals surface area contributed by atoms with Crippen LogP contribution in [-0.4, -0.2) is 59.1 Å². The van der Waals surface area contributed by atoms with E-state index in [0.717, 1.165) is 13.1 Å². The summed E-state index contributed by atoms with van der Waals surface area (Å²) in [7, 11) is 0. The van der Waals surface area contributed by atoms with Crippen LogP contribution in [-0.2, 0) is 4.79 Å². The Bertz CT molecular complexity index is 408. The van der Waals surface area contributed by atoms with Gasteiger partial charge in [0.1, 0.15) is 5.41 Å². The number of carbonyl (C=O) groups is 1. The second-order valence-corrected chi connectivity index (χ2v) is 7.09. The van der Waals surface area contributed by atoms with Gasteiger partial charge in [-0.1, -0.05) is 6.92 Å². The normalized spacial score (nSPS) is 31.6. The van der Waals surface area contributed by atoms with Crippen LogP contribution in [0.15, 0.2) is 0 Å². The van der Waals surface area contributed by atoms with Gasteiger partial charge in [0.15, 0.2) is 0 Å². The van der Waals surface area contributed by atoms with Crippen molar-refractivity contribution in [1.29, 1.82) is 5.26 Å². The highest BCUT2D eigenvalue weighted by atomic mass is 16.3. The fourth-order valence-corrected chi connectivity index (χ4v) is 3.40. The van der Waals surface area contributed by atoms with E-state index in [9.17, 15) is 15.2 Å². The summed E-state index contributed by atoms with van der Waals surface area (Å²) in [4.78, 5) is 16.5. The van der Waals surface area contributed by atoms with E-state index < -0.39 is 11.0 Å². The summed E-state index contributed by atoms with van der Waals surface area (Å²) in [6.45, 7) is 9.16. The van der Waals surface area contributed by atoms with E-state index in [-0.39, 0.29) is 5.91 Å². The standard InChI is InChI=1S/C15H25N3O2/c1-12-8-15(9-12,10-16)13(19)18-6-4-17(5-7-18)11-14(2,3)20/h12,20H,4-9,11H2,1-3H3. The predicted molar refractivity (Wildman–Crippen MR) is 75.8 cm³/mol. The number of piperazine rings is 1. The Morgan fingerprint density at radius 3 is 2.30 bits per heavy atom. The number of rotatable bonds is 3. The van der Waals surface area contributed by atoms with Gasteiger partial charge in [-0.05, 0) is 32.6 Å². The second kappa shape index (κ2) is 5.34. The van der Waals surface area contributed by atoms with Crippen LogP contribution in [0.5, 0.6) is 0 Å². The van der Waals surface area contributed by atoms with E-state index >= 15 is 0 Å². The van der Waals surface area contributed by atoms with Gasteiger partial charge in [-0.3, -0.25) is 9.69 Å².